The molecule has 0 N–H and O–H groups in total. The molecular weight excluding hydrogens is 192 g/mol. The van der Waals surface area contributed by atoms with Crippen molar-refractivity contribution in [2.75, 3.05) is 0 Å². The van der Waals surface area contributed by atoms with Gasteiger partial charge in [-0.3, -0.25) is 0 Å². The van der Waals surface area contributed by atoms with E-state index in [0.29, 0.717) is 5.41 Å². The molecule has 0 aromatic carbocycles. The lowest BCUT2D eigenvalue weighted by atomic mass is 9.75. The second kappa shape index (κ2) is 4.61. The molecule has 0 bridgehead atoms. The van der Waals surface area contributed by atoms with E-state index in [2.05, 4.69) is 54.5 Å². The summed E-state index contributed by atoms with van der Waals surface area (Å²) in [5.74, 6) is 0. The van der Waals surface area contributed by atoms with E-state index in [1.165, 1.54) is 29.6 Å². The smallest absolute Gasteiger partial charge is 0.0101 e. The lowest BCUT2D eigenvalue weighted by Crippen LogP contribution is -2.17. The molecule has 0 saturated carbocycles. The lowest BCUT2D eigenvalue weighted by Gasteiger charge is -2.29. The van der Waals surface area contributed by atoms with Gasteiger partial charge in [0.2, 0.25) is 0 Å². The van der Waals surface area contributed by atoms with Gasteiger partial charge in [-0.05, 0) is 65.5 Å². The normalized spacial score (nSPS) is 21.1. The molecule has 0 aliphatic heterocycles. The zero-order valence-electron chi connectivity index (χ0n) is 12.0. The Morgan fingerprint density at radius 2 is 1.50 bits per heavy atom. The fourth-order valence-electron chi connectivity index (χ4n) is 2.64. The van der Waals surface area contributed by atoms with E-state index in [4.69, 9.17) is 0 Å². The van der Waals surface area contributed by atoms with Gasteiger partial charge in [0.15, 0.2) is 0 Å². The van der Waals surface area contributed by atoms with E-state index in [0.717, 1.165) is 0 Å². The summed E-state index contributed by atoms with van der Waals surface area (Å²) in [6, 6.07) is 0. The van der Waals surface area contributed by atoms with Gasteiger partial charge in [-0.25, -0.2) is 0 Å². The van der Waals surface area contributed by atoms with Crippen LogP contribution in [0.5, 0.6) is 0 Å². The van der Waals surface area contributed by atoms with Crippen molar-refractivity contribution in [3.8, 4) is 0 Å². The number of hydrogen-bond donors (Lipinski definition) is 0. The SMILES string of the molecule is C/C=C(\C)CCC1(C)C(C)=C(C)C(C)=C1C. The maximum atomic E-state index is 2.40. The van der Waals surface area contributed by atoms with E-state index >= 15 is 0 Å². The van der Waals surface area contributed by atoms with Crippen LogP contribution in [0.2, 0.25) is 0 Å². The van der Waals surface area contributed by atoms with Crippen molar-refractivity contribution in [1.29, 1.82) is 0 Å². The van der Waals surface area contributed by atoms with Crippen LogP contribution in [-0.4, -0.2) is 0 Å². The summed E-state index contributed by atoms with van der Waals surface area (Å²) in [5, 5.41) is 0. The molecule has 1 aliphatic carbocycles. The number of allylic oxidation sites excluding steroid dienone is 6. The van der Waals surface area contributed by atoms with Crippen LogP contribution in [0, 0.1) is 5.41 Å². The molecule has 0 unspecified atom stereocenters. The van der Waals surface area contributed by atoms with Crippen LogP contribution in [-0.2, 0) is 0 Å². The van der Waals surface area contributed by atoms with Crippen LogP contribution < -0.4 is 0 Å². The molecule has 16 heavy (non-hydrogen) atoms. The molecule has 0 nitrogen and oxygen atoms in total. The Kier molecular flexibility index (Phi) is 3.83. The Morgan fingerprint density at radius 1 is 1.06 bits per heavy atom. The Morgan fingerprint density at radius 3 is 1.88 bits per heavy atom. The van der Waals surface area contributed by atoms with Crippen LogP contribution in [0.4, 0.5) is 0 Å². The van der Waals surface area contributed by atoms with Crippen molar-refractivity contribution in [2.45, 2.75) is 61.3 Å². The maximum absolute atomic E-state index is 2.40. The fraction of sp³-hybridized carbons (Fsp3) is 0.625. The van der Waals surface area contributed by atoms with Crippen LogP contribution in [0.1, 0.15) is 61.3 Å². The Hall–Kier alpha value is -0.780. The largest absolute Gasteiger partial charge is 0.0887 e. The third-order valence-electron chi connectivity index (χ3n) is 4.85. The highest BCUT2D eigenvalue weighted by atomic mass is 14.4. The monoisotopic (exact) mass is 218 g/mol. The van der Waals surface area contributed by atoms with Crippen LogP contribution in [0.3, 0.4) is 0 Å². The molecule has 0 aromatic heterocycles. The average Bonchev–Trinajstić information content (AvgIpc) is 2.43. The van der Waals surface area contributed by atoms with E-state index in [-0.39, 0.29) is 0 Å². The summed E-state index contributed by atoms with van der Waals surface area (Å²) < 4.78 is 0. The molecule has 1 aliphatic rings. The van der Waals surface area contributed by atoms with Crippen molar-refractivity contribution >= 4 is 0 Å². The molecule has 0 saturated heterocycles. The van der Waals surface area contributed by atoms with E-state index in [1.54, 1.807) is 11.1 Å². The first-order valence-corrected chi connectivity index (χ1v) is 6.32. The second-order valence-electron chi connectivity index (χ2n) is 5.47. The van der Waals surface area contributed by atoms with Crippen LogP contribution in [0.15, 0.2) is 33.9 Å². The summed E-state index contributed by atoms with van der Waals surface area (Å²) in [7, 11) is 0. The van der Waals surface area contributed by atoms with Crippen molar-refractivity contribution in [3.05, 3.63) is 33.9 Å². The second-order valence-corrected chi connectivity index (χ2v) is 5.47. The zero-order valence-corrected chi connectivity index (χ0v) is 12.0. The van der Waals surface area contributed by atoms with Gasteiger partial charge in [-0.2, -0.15) is 0 Å². The predicted molar refractivity (Wildman–Crippen MR) is 73.5 cm³/mol. The minimum Gasteiger partial charge on any atom is -0.0887 e. The molecule has 0 atom stereocenters. The highest BCUT2D eigenvalue weighted by Crippen LogP contribution is 2.49. The molecule has 0 radical (unpaired) electrons. The van der Waals surface area contributed by atoms with Gasteiger partial charge < -0.3 is 0 Å². The zero-order chi connectivity index (χ0) is 12.5. The highest BCUT2D eigenvalue weighted by Gasteiger charge is 2.35. The Bertz CT molecular complexity index is 351. The number of rotatable bonds is 3. The van der Waals surface area contributed by atoms with E-state index < -0.39 is 0 Å². The quantitative estimate of drug-likeness (QED) is 0.554. The standard InChI is InChI=1S/C16H26/c1-8-11(2)9-10-16(7)14(5)12(3)13(4)15(16)6/h8H,9-10H2,1-7H3/b11-8+. The topological polar surface area (TPSA) is 0 Å². The minimum absolute atomic E-state index is 0.304. The maximum Gasteiger partial charge on any atom is 0.0101 e. The van der Waals surface area contributed by atoms with Gasteiger partial charge in [0, 0.05) is 5.41 Å². The van der Waals surface area contributed by atoms with Crippen molar-refractivity contribution < 1.29 is 0 Å². The molecule has 0 aromatic rings. The van der Waals surface area contributed by atoms with Gasteiger partial charge >= 0.3 is 0 Å². The van der Waals surface area contributed by atoms with Crippen LogP contribution >= 0.6 is 0 Å². The first kappa shape index (κ1) is 13.3. The first-order valence-electron chi connectivity index (χ1n) is 6.32. The summed E-state index contributed by atoms with van der Waals surface area (Å²) >= 11 is 0. The minimum atomic E-state index is 0.304. The summed E-state index contributed by atoms with van der Waals surface area (Å²) in [6.45, 7) is 15.9. The Balaban J connectivity index is 2.95. The van der Waals surface area contributed by atoms with Gasteiger partial charge in [-0.15, -0.1) is 0 Å². The molecule has 0 fully saturated rings. The van der Waals surface area contributed by atoms with Gasteiger partial charge in [-0.1, -0.05) is 29.7 Å². The Labute approximate surface area is 101 Å². The van der Waals surface area contributed by atoms with Crippen molar-refractivity contribution in [2.24, 2.45) is 5.41 Å². The first-order chi connectivity index (χ1) is 7.34. The van der Waals surface area contributed by atoms with Gasteiger partial charge in [0.05, 0.1) is 0 Å². The third kappa shape index (κ3) is 2.03. The molecule has 0 spiro atoms. The van der Waals surface area contributed by atoms with Gasteiger partial charge in [0.1, 0.15) is 0 Å². The molecule has 0 heteroatoms. The van der Waals surface area contributed by atoms with Crippen LogP contribution in [0.25, 0.3) is 0 Å². The lowest BCUT2D eigenvalue weighted by molar-refractivity contribution is 0.443. The summed E-state index contributed by atoms with van der Waals surface area (Å²) in [5.41, 5.74) is 7.98. The number of hydrogen-bond acceptors (Lipinski definition) is 0. The van der Waals surface area contributed by atoms with E-state index in [9.17, 15) is 0 Å². The predicted octanol–water partition coefficient (Wildman–Crippen LogP) is 5.43. The molecule has 90 valence electrons. The summed E-state index contributed by atoms with van der Waals surface area (Å²) in [6.07, 6.45) is 4.69. The molecular formula is C16H26. The third-order valence-corrected chi connectivity index (χ3v) is 4.85. The van der Waals surface area contributed by atoms with Crippen molar-refractivity contribution in [1.82, 2.24) is 0 Å². The van der Waals surface area contributed by atoms with Gasteiger partial charge in [0.25, 0.3) is 0 Å². The van der Waals surface area contributed by atoms with Crippen molar-refractivity contribution in [3.63, 3.8) is 0 Å². The molecule has 0 amide bonds. The summed E-state index contributed by atoms with van der Waals surface area (Å²) in [4.78, 5) is 0. The average molecular weight is 218 g/mol. The molecule has 1 rings (SSSR count). The molecule has 0 heterocycles. The van der Waals surface area contributed by atoms with E-state index in [1.807, 2.05) is 0 Å². The fourth-order valence-corrected chi connectivity index (χ4v) is 2.64. The highest BCUT2D eigenvalue weighted by molar-refractivity contribution is 5.49.